The molecule has 1 heterocycles. The third-order valence-corrected chi connectivity index (χ3v) is 2.72. The lowest BCUT2D eigenvalue weighted by Gasteiger charge is -2.26. The number of amides is 1. The number of pyridine rings is 1. The van der Waals surface area contributed by atoms with Crippen molar-refractivity contribution in [3.8, 4) is 0 Å². The molecule has 0 bridgehead atoms. The summed E-state index contributed by atoms with van der Waals surface area (Å²) in [5.41, 5.74) is 0.112. The number of hydrogen-bond acceptors (Lipinski definition) is 2. The van der Waals surface area contributed by atoms with E-state index in [1.165, 1.54) is 6.07 Å². The van der Waals surface area contributed by atoms with Crippen LogP contribution in [0.15, 0.2) is 23.0 Å². The molecule has 0 saturated carbocycles. The molecule has 0 radical (unpaired) electrons. The van der Waals surface area contributed by atoms with E-state index in [9.17, 15) is 9.59 Å². The molecule has 1 amide bonds. The van der Waals surface area contributed by atoms with Crippen molar-refractivity contribution < 1.29 is 4.79 Å². The van der Waals surface area contributed by atoms with Crippen molar-refractivity contribution in [2.45, 2.75) is 33.2 Å². The highest BCUT2D eigenvalue weighted by molar-refractivity contribution is 5.92. The number of carbonyl (C=O) groups is 1. The van der Waals surface area contributed by atoms with Crippen LogP contribution in [-0.4, -0.2) is 28.4 Å². The van der Waals surface area contributed by atoms with Gasteiger partial charge in [-0.3, -0.25) is 9.59 Å². The molecule has 0 aliphatic heterocycles. The van der Waals surface area contributed by atoms with Gasteiger partial charge in [0.05, 0.1) is 0 Å². The smallest absolute Gasteiger partial charge is 0.270 e. The molecule has 4 nitrogen and oxygen atoms in total. The van der Waals surface area contributed by atoms with Crippen molar-refractivity contribution in [3.63, 3.8) is 0 Å². The van der Waals surface area contributed by atoms with Crippen LogP contribution in [-0.2, 0) is 0 Å². The Labute approximate surface area is 95.3 Å². The molecule has 0 aliphatic carbocycles. The van der Waals surface area contributed by atoms with Gasteiger partial charge < -0.3 is 9.88 Å². The maximum atomic E-state index is 12.1. The quantitative estimate of drug-likeness (QED) is 0.842. The van der Waals surface area contributed by atoms with E-state index in [0.29, 0.717) is 12.2 Å². The summed E-state index contributed by atoms with van der Waals surface area (Å²) in [5.74, 6) is -0.116. The van der Waals surface area contributed by atoms with Crippen LogP contribution in [0.2, 0.25) is 0 Å². The maximum absolute atomic E-state index is 12.1. The van der Waals surface area contributed by atoms with Gasteiger partial charge >= 0.3 is 0 Å². The first kappa shape index (κ1) is 12.5. The third-order valence-electron chi connectivity index (χ3n) is 2.72. The molecule has 0 fully saturated rings. The first-order valence-electron chi connectivity index (χ1n) is 5.60. The zero-order valence-electron chi connectivity index (χ0n) is 9.99. The van der Waals surface area contributed by atoms with Gasteiger partial charge in [0.1, 0.15) is 5.69 Å². The summed E-state index contributed by atoms with van der Waals surface area (Å²) in [7, 11) is 0. The minimum atomic E-state index is -0.244. The van der Waals surface area contributed by atoms with Gasteiger partial charge in [0.25, 0.3) is 5.91 Å². The Morgan fingerprint density at radius 3 is 2.62 bits per heavy atom. The highest BCUT2D eigenvalue weighted by Crippen LogP contribution is 2.07. The van der Waals surface area contributed by atoms with E-state index in [1.54, 1.807) is 17.0 Å². The predicted octanol–water partition coefficient (Wildman–Crippen LogP) is 1.64. The fraction of sp³-hybridized carbons (Fsp3) is 0.500. The molecule has 0 aromatic carbocycles. The molecule has 4 heteroatoms. The zero-order valence-corrected chi connectivity index (χ0v) is 9.99. The van der Waals surface area contributed by atoms with Crippen LogP contribution in [0, 0.1) is 0 Å². The van der Waals surface area contributed by atoms with Gasteiger partial charge in [-0.05, 0) is 26.3 Å². The SMILES string of the molecule is CCC(C)N(CC)C(=O)c1cccc(=O)[nH]1. The summed E-state index contributed by atoms with van der Waals surface area (Å²) >= 11 is 0. The molecule has 16 heavy (non-hydrogen) atoms. The molecule has 0 aliphatic rings. The first-order chi connectivity index (χ1) is 7.60. The molecule has 1 N–H and O–H groups in total. The number of aromatic amines is 1. The highest BCUT2D eigenvalue weighted by Gasteiger charge is 2.18. The van der Waals surface area contributed by atoms with E-state index < -0.39 is 0 Å². The van der Waals surface area contributed by atoms with Crippen molar-refractivity contribution in [2.24, 2.45) is 0 Å². The molecule has 88 valence electrons. The van der Waals surface area contributed by atoms with Crippen LogP contribution in [0.1, 0.15) is 37.7 Å². The Morgan fingerprint density at radius 2 is 2.12 bits per heavy atom. The van der Waals surface area contributed by atoms with Crippen LogP contribution in [0.4, 0.5) is 0 Å². The molecule has 1 unspecified atom stereocenters. The zero-order chi connectivity index (χ0) is 12.1. The summed E-state index contributed by atoms with van der Waals surface area (Å²) in [6, 6.07) is 4.81. The fourth-order valence-electron chi connectivity index (χ4n) is 1.60. The fourth-order valence-corrected chi connectivity index (χ4v) is 1.60. The maximum Gasteiger partial charge on any atom is 0.270 e. The lowest BCUT2D eigenvalue weighted by atomic mass is 10.2. The topological polar surface area (TPSA) is 53.2 Å². The molecular weight excluding hydrogens is 204 g/mol. The third kappa shape index (κ3) is 2.72. The molecule has 1 atom stereocenters. The first-order valence-corrected chi connectivity index (χ1v) is 5.60. The Morgan fingerprint density at radius 1 is 1.44 bits per heavy atom. The number of hydrogen-bond donors (Lipinski definition) is 1. The van der Waals surface area contributed by atoms with Gasteiger partial charge in [0.2, 0.25) is 5.56 Å². The summed E-state index contributed by atoms with van der Waals surface area (Å²) in [6.45, 7) is 6.62. The van der Waals surface area contributed by atoms with Gasteiger partial charge in [-0.2, -0.15) is 0 Å². The molecule has 0 spiro atoms. The summed E-state index contributed by atoms with van der Waals surface area (Å²) in [4.78, 5) is 27.5. The van der Waals surface area contributed by atoms with Crippen molar-refractivity contribution in [1.82, 2.24) is 9.88 Å². The van der Waals surface area contributed by atoms with Crippen LogP contribution in [0.5, 0.6) is 0 Å². The average molecular weight is 222 g/mol. The molecular formula is C12H18N2O2. The van der Waals surface area contributed by atoms with Crippen LogP contribution in [0.25, 0.3) is 0 Å². The van der Waals surface area contributed by atoms with E-state index in [2.05, 4.69) is 4.98 Å². The van der Waals surface area contributed by atoms with E-state index in [0.717, 1.165) is 6.42 Å². The van der Waals surface area contributed by atoms with Gasteiger partial charge in [0.15, 0.2) is 0 Å². The van der Waals surface area contributed by atoms with E-state index in [4.69, 9.17) is 0 Å². The van der Waals surface area contributed by atoms with Crippen molar-refractivity contribution >= 4 is 5.91 Å². The van der Waals surface area contributed by atoms with E-state index in [-0.39, 0.29) is 17.5 Å². The minimum Gasteiger partial charge on any atom is -0.335 e. The number of nitrogens with one attached hydrogen (secondary N) is 1. The Kier molecular flexibility index (Phi) is 4.28. The summed E-state index contributed by atoms with van der Waals surface area (Å²) < 4.78 is 0. The largest absolute Gasteiger partial charge is 0.335 e. The standard InChI is InChI=1S/C12H18N2O2/c1-4-9(3)14(5-2)12(16)10-7-6-8-11(15)13-10/h6-9H,4-5H2,1-3H3,(H,13,15). The Hall–Kier alpha value is -1.58. The summed E-state index contributed by atoms with van der Waals surface area (Å²) in [6.07, 6.45) is 0.899. The number of aromatic nitrogens is 1. The number of H-pyrrole nitrogens is 1. The molecule has 0 saturated heterocycles. The summed E-state index contributed by atoms with van der Waals surface area (Å²) in [5, 5.41) is 0. The highest BCUT2D eigenvalue weighted by atomic mass is 16.2. The van der Waals surface area contributed by atoms with Crippen LogP contribution < -0.4 is 5.56 Å². The van der Waals surface area contributed by atoms with Crippen molar-refractivity contribution in [1.29, 1.82) is 0 Å². The number of rotatable bonds is 4. The Bertz CT molecular complexity index is 411. The second kappa shape index (κ2) is 5.49. The average Bonchev–Trinajstić information content (AvgIpc) is 2.29. The number of carbonyl (C=O) groups excluding carboxylic acids is 1. The van der Waals surface area contributed by atoms with Crippen molar-refractivity contribution in [2.75, 3.05) is 6.54 Å². The normalized spacial score (nSPS) is 12.2. The number of nitrogens with zero attached hydrogens (tertiary/aromatic N) is 1. The van der Waals surface area contributed by atoms with Gasteiger partial charge in [-0.25, -0.2) is 0 Å². The Balaban J connectivity index is 2.95. The molecule has 1 aromatic rings. The van der Waals surface area contributed by atoms with E-state index in [1.807, 2.05) is 20.8 Å². The minimum absolute atomic E-state index is 0.116. The molecule has 1 rings (SSSR count). The monoisotopic (exact) mass is 222 g/mol. The van der Waals surface area contributed by atoms with E-state index >= 15 is 0 Å². The molecule has 1 aromatic heterocycles. The van der Waals surface area contributed by atoms with Gasteiger partial charge in [-0.1, -0.05) is 13.0 Å². The van der Waals surface area contributed by atoms with Gasteiger partial charge in [0, 0.05) is 18.7 Å². The predicted molar refractivity (Wildman–Crippen MR) is 63.5 cm³/mol. The lowest BCUT2D eigenvalue weighted by Crippen LogP contribution is -2.39. The van der Waals surface area contributed by atoms with Crippen LogP contribution >= 0.6 is 0 Å². The second-order valence-corrected chi connectivity index (χ2v) is 3.78. The lowest BCUT2D eigenvalue weighted by molar-refractivity contribution is 0.0693. The van der Waals surface area contributed by atoms with Gasteiger partial charge in [-0.15, -0.1) is 0 Å². The van der Waals surface area contributed by atoms with Crippen LogP contribution in [0.3, 0.4) is 0 Å². The second-order valence-electron chi connectivity index (χ2n) is 3.78. The van der Waals surface area contributed by atoms with Crippen molar-refractivity contribution in [3.05, 3.63) is 34.2 Å².